The molecule has 0 spiro atoms. The van der Waals surface area contributed by atoms with Crippen LogP contribution in [0.4, 0.5) is 0 Å². The van der Waals surface area contributed by atoms with Crippen LogP contribution in [-0.2, 0) is 0 Å². The zero-order valence-electron chi connectivity index (χ0n) is 11.4. The first-order valence-electron chi connectivity index (χ1n) is 6.21. The van der Waals surface area contributed by atoms with Crippen LogP contribution in [0, 0.1) is 17.3 Å². The Hall–Kier alpha value is -0.0800. The molecule has 0 heterocycles. The van der Waals surface area contributed by atoms with Gasteiger partial charge in [0, 0.05) is 6.04 Å². The van der Waals surface area contributed by atoms with Gasteiger partial charge in [0.1, 0.15) is 0 Å². The maximum atomic E-state index is 6.09. The van der Waals surface area contributed by atoms with Gasteiger partial charge in [-0.25, -0.2) is 0 Å². The summed E-state index contributed by atoms with van der Waals surface area (Å²) in [5.41, 5.74) is 6.31. The smallest absolute Gasteiger partial charge is 0.00997 e. The second-order valence-corrected chi connectivity index (χ2v) is 6.19. The first kappa shape index (κ1) is 14.9. The molecule has 0 bridgehead atoms. The Bertz CT molecular complexity index is 158. The van der Waals surface area contributed by atoms with Crippen molar-refractivity contribution in [3.63, 3.8) is 0 Å². The third kappa shape index (κ3) is 6.91. The summed E-state index contributed by atoms with van der Waals surface area (Å²) in [5.74, 6) is 1.50. The summed E-state index contributed by atoms with van der Waals surface area (Å²) >= 11 is 0. The van der Waals surface area contributed by atoms with Gasteiger partial charge < -0.3 is 11.1 Å². The molecule has 0 amide bonds. The van der Waals surface area contributed by atoms with E-state index < -0.39 is 0 Å². The van der Waals surface area contributed by atoms with Gasteiger partial charge in [-0.3, -0.25) is 0 Å². The molecule has 0 saturated carbocycles. The van der Waals surface area contributed by atoms with Gasteiger partial charge in [-0.15, -0.1) is 0 Å². The fraction of sp³-hybridized carbons (Fsp3) is 1.00. The molecule has 0 aromatic carbocycles. The third-order valence-electron chi connectivity index (χ3n) is 3.35. The lowest BCUT2D eigenvalue weighted by molar-refractivity contribution is 0.298. The average molecular weight is 214 g/mol. The van der Waals surface area contributed by atoms with Crippen LogP contribution in [-0.4, -0.2) is 19.1 Å². The molecule has 0 aliphatic heterocycles. The van der Waals surface area contributed by atoms with Crippen LogP contribution >= 0.6 is 0 Å². The van der Waals surface area contributed by atoms with Crippen molar-refractivity contribution in [3.05, 3.63) is 0 Å². The van der Waals surface area contributed by atoms with Gasteiger partial charge in [-0.1, -0.05) is 41.5 Å². The maximum absolute atomic E-state index is 6.09. The molecule has 0 aliphatic carbocycles. The standard InChI is InChI=1S/C13H30N2/c1-10(2)11(3)9-15-8-7-12(14)13(4,5)6/h10-12,15H,7-9,14H2,1-6H3. The van der Waals surface area contributed by atoms with E-state index in [2.05, 4.69) is 46.9 Å². The molecule has 0 rings (SSSR count). The van der Waals surface area contributed by atoms with Crippen LogP contribution in [0.5, 0.6) is 0 Å². The van der Waals surface area contributed by atoms with Gasteiger partial charge in [-0.2, -0.15) is 0 Å². The number of nitrogens with two attached hydrogens (primary N) is 1. The number of hydrogen-bond acceptors (Lipinski definition) is 2. The summed E-state index contributed by atoms with van der Waals surface area (Å²) in [6.45, 7) is 15.6. The molecule has 2 nitrogen and oxygen atoms in total. The van der Waals surface area contributed by atoms with Crippen LogP contribution in [0.1, 0.15) is 48.0 Å². The van der Waals surface area contributed by atoms with Crippen LogP contribution < -0.4 is 11.1 Å². The second kappa shape index (κ2) is 6.49. The number of nitrogens with one attached hydrogen (secondary N) is 1. The van der Waals surface area contributed by atoms with Crippen molar-refractivity contribution < 1.29 is 0 Å². The zero-order chi connectivity index (χ0) is 12.1. The predicted molar refractivity (Wildman–Crippen MR) is 68.9 cm³/mol. The van der Waals surface area contributed by atoms with Gasteiger partial charge in [0.15, 0.2) is 0 Å². The topological polar surface area (TPSA) is 38.0 Å². The summed E-state index contributed by atoms with van der Waals surface area (Å²) in [6.07, 6.45) is 1.06. The van der Waals surface area contributed by atoms with E-state index in [9.17, 15) is 0 Å². The van der Waals surface area contributed by atoms with Gasteiger partial charge in [-0.05, 0) is 36.8 Å². The zero-order valence-corrected chi connectivity index (χ0v) is 11.4. The quantitative estimate of drug-likeness (QED) is 0.667. The lowest BCUT2D eigenvalue weighted by Crippen LogP contribution is -2.38. The normalized spacial score (nSPS) is 16.8. The summed E-state index contributed by atoms with van der Waals surface area (Å²) in [7, 11) is 0. The highest BCUT2D eigenvalue weighted by molar-refractivity contribution is 4.77. The molecule has 2 unspecified atom stereocenters. The summed E-state index contributed by atoms with van der Waals surface area (Å²) in [6, 6.07) is 0.291. The first-order valence-corrected chi connectivity index (χ1v) is 6.21. The van der Waals surface area contributed by atoms with E-state index in [0.29, 0.717) is 6.04 Å². The van der Waals surface area contributed by atoms with Gasteiger partial charge in [0.05, 0.1) is 0 Å². The lowest BCUT2D eigenvalue weighted by Gasteiger charge is -2.27. The van der Waals surface area contributed by atoms with Gasteiger partial charge in [0.25, 0.3) is 0 Å². The molecule has 0 saturated heterocycles. The van der Waals surface area contributed by atoms with Gasteiger partial charge in [0.2, 0.25) is 0 Å². The van der Waals surface area contributed by atoms with Crippen molar-refractivity contribution in [2.24, 2.45) is 23.0 Å². The summed E-state index contributed by atoms with van der Waals surface area (Å²) < 4.78 is 0. The van der Waals surface area contributed by atoms with Crippen molar-refractivity contribution in [3.8, 4) is 0 Å². The van der Waals surface area contributed by atoms with Gasteiger partial charge >= 0.3 is 0 Å². The Morgan fingerprint density at radius 3 is 2.07 bits per heavy atom. The van der Waals surface area contributed by atoms with E-state index in [-0.39, 0.29) is 5.41 Å². The molecule has 15 heavy (non-hydrogen) atoms. The van der Waals surface area contributed by atoms with Crippen LogP contribution in [0.2, 0.25) is 0 Å². The predicted octanol–water partition coefficient (Wildman–Crippen LogP) is 2.63. The van der Waals surface area contributed by atoms with E-state index >= 15 is 0 Å². The maximum Gasteiger partial charge on any atom is 0.00997 e. The Labute approximate surface area is 96.0 Å². The van der Waals surface area contributed by atoms with Crippen molar-refractivity contribution in [1.29, 1.82) is 0 Å². The Balaban J connectivity index is 3.55. The van der Waals surface area contributed by atoms with Crippen LogP contribution in [0.25, 0.3) is 0 Å². The van der Waals surface area contributed by atoms with E-state index in [0.717, 1.165) is 31.3 Å². The highest BCUT2D eigenvalue weighted by Gasteiger charge is 2.19. The van der Waals surface area contributed by atoms with E-state index in [4.69, 9.17) is 5.73 Å². The van der Waals surface area contributed by atoms with Crippen molar-refractivity contribution in [2.75, 3.05) is 13.1 Å². The summed E-state index contributed by atoms with van der Waals surface area (Å²) in [4.78, 5) is 0. The Kier molecular flexibility index (Phi) is 6.46. The van der Waals surface area contributed by atoms with Crippen molar-refractivity contribution in [1.82, 2.24) is 5.32 Å². The molecule has 0 aliphatic rings. The fourth-order valence-corrected chi connectivity index (χ4v) is 1.26. The largest absolute Gasteiger partial charge is 0.327 e. The fourth-order valence-electron chi connectivity index (χ4n) is 1.26. The SMILES string of the molecule is CC(C)C(C)CNCCC(N)C(C)(C)C. The first-order chi connectivity index (χ1) is 6.75. The van der Waals surface area contributed by atoms with Crippen molar-refractivity contribution >= 4 is 0 Å². The minimum absolute atomic E-state index is 0.228. The monoisotopic (exact) mass is 214 g/mol. The molecule has 0 fully saturated rings. The molecule has 2 heteroatoms. The van der Waals surface area contributed by atoms with E-state index in [1.165, 1.54) is 0 Å². The third-order valence-corrected chi connectivity index (χ3v) is 3.35. The molecule has 0 aromatic heterocycles. The molecule has 92 valence electrons. The Morgan fingerprint density at radius 2 is 1.67 bits per heavy atom. The van der Waals surface area contributed by atoms with E-state index in [1.54, 1.807) is 0 Å². The molecule has 2 atom stereocenters. The molecule has 3 N–H and O–H groups in total. The minimum Gasteiger partial charge on any atom is -0.327 e. The average Bonchev–Trinajstić information content (AvgIpc) is 2.09. The highest BCUT2D eigenvalue weighted by atomic mass is 14.9. The molecule has 0 aromatic rings. The molecule has 0 radical (unpaired) electrons. The summed E-state index contributed by atoms with van der Waals surface area (Å²) in [5, 5.41) is 3.49. The number of rotatable bonds is 6. The second-order valence-electron chi connectivity index (χ2n) is 6.19. The molecular formula is C13H30N2. The number of hydrogen-bond donors (Lipinski definition) is 2. The lowest BCUT2D eigenvalue weighted by atomic mass is 9.85. The molecular weight excluding hydrogens is 184 g/mol. The Morgan fingerprint density at radius 1 is 1.13 bits per heavy atom. The van der Waals surface area contributed by atoms with Crippen LogP contribution in [0.3, 0.4) is 0 Å². The van der Waals surface area contributed by atoms with E-state index in [1.807, 2.05) is 0 Å². The van der Waals surface area contributed by atoms with Crippen LogP contribution in [0.15, 0.2) is 0 Å². The highest BCUT2D eigenvalue weighted by Crippen LogP contribution is 2.19. The minimum atomic E-state index is 0.228. The van der Waals surface area contributed by atoms with Crippen molar-refractivity contribution in [2.45, 2.75) is 54.0 Å².